The van der Waals surface area contributed by atoms with Crippen molar-refractivity contribution < 1.29 is 14.3 Å². The van der Waals surface area contributed by atoms with Crippen molar-refractivity contribution in [3.05, 3.63) is 58.1 Å². The summed E-state index contributed by atoms with van der Waals surface area (Å²) in [7, 11) is 1.53. The lowest BCUT2D eigenvalue weighted by molar-refractivity contribution is -0.125. The molecule has 2 amide bonds. The molecule has 154 valence electrons. The normalized spacial score (nSPS) is 15.3. The molecule has 1 aliphatic rings. The Hall–Kier alpha value is -3.03. The van der Waals surface area contributed by atoms with Gasteiger partial charge in [-0.15, -0.1) is 0 Å². The first-order valence-corrected chi connectivity index (χ1v) is 9.92. The first-order chi connectivity index (χ1) is 14.4. The number of methoxy groups -OCH3 is 1. The summed E-state index contributed by atoms with van der Waals surface area (Å²) < 4.78 is 6.73. The van der Waals surface area contributed by atoms with Crippen LogP contribution >= 0.6 is 23.2 Å². The number of nitrogens with zero attached hydrogens (tertiary/aromatic N) is 2. The van der Waals surface area contributed by atoms with Crippen LogP contribution in [0.25, 0.3) is 11.3 Å². The van der Waals surface area contributed by atoms with Gasteiger partial charge in [0.15, 0.2) is 0 Å². The van der Waals surface area contributed by atoms with Crippen molar-refractivity contribution in [1.29, 1.82) is 0 Å². The average Bonchev–Trinajstić information content (AvgIpc) is 3.06. The molecule has 0 fully saturated rings. The largest absolute Gasteiger partial charge is 0.497 e. The Kier molecular flexibility index (Phi) is 5.40. The van der Waals surface area contributed by atoms with Crippen molar-refractivity contribution >= 4 is 46.5 Å². The van der Waals surface area contributed by atoms with Gasteiger partial charge >= 0.3 is 0 Å². The van der Waals surface area contributed by atoms with Crippen LogP contribution < -0.4 is 15.4 Å². The molecule has 4 rings (SSSR count). The lowest BCUT2D eigenvalue weighted by Crippen LogP contribution is -2.36. The monoisotopic (exact) mass is 444 g/mol. The second kappa shape index (κ2) is 8.01. The number of amides is 2. The van der Waals surface area contributed by atoms with Crippen molar-refractivity contribution in [2.75, 3.05) is 17.7 Å². The maximum atomic E-state index is 13.1. The van der Waals surface area contributed by atoms with E-state index in [0.29, 0.717) is 33.0 Å². The predicted octanol–water partition coefficient (Wildman–Crippen LogP) is 4.70. The van der Waals surface area contributed by atoms with E-state index in [9.17, 15) is 9.59 Å². The third kappa shape index (κ3) is 3.74. The highest BCUT2D eigenvalue weighted by molar-refractivity contribution is 6.33. The molecule has 0 saturated carbocycles. The van der Waals surface area contributed by atoms with Crippen molar-refractivity contribution in [3.8, 4) is 17.0 Å². The summed E-state index contributed by atoms with van der Waals surface area (Å²) in [6.07, 6.45) is -0.0401. The molecular formula is C21H18Cl2N4O3. The summed E-state index contributed by atoms with van der Waals surface area (Å²) in [5.41, 5.74) is 2.67. The van der Waals surface area contributed by atoms with Gasteiger partial charge < -0.3 is 15.4 Å². The fraction of sp³-hybridized carbons (Fsp3) is 0.190. The summed E-state index contributed by atoms with van der Waals surface area (Å²) in [5, 5.41) is 11.2. The van der Waals surface area contributed by atoms with Gasteiger partial charge in [0.1, 0.15) is 17.6 Å². The number of rotatable bonds is 4. The number of aromatic nitrogens is 2. The molecule has 1 atom stereocenters. The number of benzene rings is 2. The van der Waals surface area contributed by atoms with E-state index < -0.39 is 11.9 Å². The Bertz CT molecular complexity index is 1140. The van der Waals surface area contributed by atoms with E-state index in [1.165, 1.54) is 7.11 Å². The summed E-state index contributed by atoms with van der Waals surface area (Å²) in [4.78, 5) is 25.4. The smallest absolute Gasteiger partial charge is 0.249 e. The fourth-order valence-corrected chi connectivity index (χ4v) is 3.66. The van der Waals surface area contributed by atoms with E-state index in [4.69, 9.17) is 27.9 Å². The van der Waals surface area contributed by atoms with E-state index in [0.717, 1.165) is 11.1 Å². The van der Waals surface area contributed by atoms with Crippen LogP contribution in [0.1, 0.15) is 18.0 Å². The van der Waals surface area contributed by atoms with E-state index in [1.807, 2.05) is 19.1 Å². The van der Waals surface area contributed by atoms with Gasteiger partial charge in [-0.3, -0.25) is 9.59 Å². The van der Waals surface area contributed by atoms with E-state index >= 15 is 0 Å². The molecule has 1 aromatic heterocycles. The Morgan fingerprint density at radius 3 is 2.67 bits per heavy atom. The molecule has 0 bridgehead atoms. The quantitative estimate of drug-likeness (QED) is 0.610. The summed E-state index contributed by atoms with van der Waals surface area (Å²) in [5.74, 6) is 0.390. The SMILES string of the molecule is COc1ccc(Cl)c(NC(=O)[C@H]2CC(=O)Nc3c(C)c(-c4ccc(Cl)cc4)nn32)c1. The van der Waals surface area contributed by atoms with Crippen molar-refractivity contribution in [3.63, 3.8) is 0 Å². The van der Waals surface area contributed by atoms with Crippen LogP contribution in [0.5, 0.6) is 5.75 Å². The Labute approximate surface area is 182 Å². The second-order valence-electron chi connectivity index (χ2n) is 6.88. The van der Waals surface area contributed by atoms with Gasteiger partial charge in [-0.1, -0.05) is 35.3 Å². The molecule has 0 spiro atoms. The molecule has 2 N–H and O–H groups in total. The van der Waals surface area contributed by atoms with Gasteiger partial charge in [0.05, 0.1) is 29.9 Å². The third-order valence-electron chi connectivity index (χ3n) is 4.93. The van der Waals surface area contributed by atoms with Gasteiger partial charge in [-0.2, -0.15) is 5.10 Å². The van der Waals surface area contributed by atoms with E-state index in [-0.39, 0.29) is 12.3 Å². The highest BCUT2D eigenvalue weighted by atomic mass is 35.5. The van der Waals surface area contributed by atoms with Gasteiger partial charge in [-0.25, -0.2) is 4.68 Å². The summed E-state index contributed by atoms with van der Waals surface area (Å²) in [6.45, 7) is 1.85. The zero-order chi connectivity index (χ0) is 21.4. The molecule has 2 aromatic carbocycles. The van der Waals surface area contributed by atoms with Crippen LogP contribution in [0.2, 0.25) is 10.0 Å². The molecule has 3 aromatic rings. The maximum absolute atomic E-state index is 13.1. The molecule has 0 unspecified atom stereocenters. The fourth-order valence-electron chi connectivity index (χ4n) is 3.37. The van der Waals surface area contributed by atoms with Crippen LogP contribution in [0.3, 0.4) is 0 Å². The average molecular weight is 445 g/mol. The molecular weight excluding hydrogens is 427 g/mol. The highest BCUT2D eigenvalue weighted by Crippen LogP contribution is 2.35. The molecule has 1 aliphatic heterocycles. The molecule has 7 nitrogen and oxygen atoms in total. The minimum absolute atomic E-state index is 0.0401. The van der Waals surface area contributed by atoms with Gasteiger partial charge in [-0.05, 0) is 31.2 Å². The molecule has 9 heteroatoms. The van der Waals surface area contributed by atoms with Crippen LogP contribution in [0, 0.1) is 6.92 Å². The number of ether oxygens (including phenoxy) is 1. The molecule has 2 heterocycles. The van der Waals surface area contributed by atoms with Crippen LogP contribution in [0.15, 0.2) is 42.5 Å². The number of hydrogen-bond acceptors (Lipinski definition) is 4. The summed E-state index contributed by atoms with van der Waals surface area (Å²) >= 11 is 12.2. The minimum atomic E-state index is -0.823. The molecule has 30 heavy (non-hydrogen) atoms. The Morgan fingerprint density at radius 2 is 1.97 bits per heavy atom. The zero-order valence-electron chi connectivity index (χ0n) is 16.2. The highest BCUT2D eigenvalue weighted by Gasteiger charge is 2.34. The maximum Gasteiger partial charge on any atom is 0.249 e. The van der Waals surface area contributed by atoms with E-state index in [2.05, 4.69) is 15.7 Å². The van der Waals surface area contributed by atoms with Crippen molar-refractivity contribution in [2.24, 2.45) is 0 Å². The van der Waals surface area contributed by atoms with Crippen molar-refractivity contribution in [2.45, 2.75) is 19.4 Å². The molecule has 0 saturated heterocycles. The van der Waals surface area contributed by atoms with Gasteiger partial charge in [0, 0.05) is 22.2 Å². The number of halogens is 2. The van der Waals surface area contributed by atoms with Crippen molar-refractivity contribution in [1.82, 2.24) is 9.78 Å². The number of fused-ring (bicyclic) bond motifs is 1. The lowest BCUT2D eigenvalue weighted by Gasteiger charge is -2.24. The molecule has 0 aliphatic carbocycles. The number of anilines is 2. The number of nitrogens with one attached hydrogen (secondary N) is 2. The lowest BCUT2D eigenvalue weighted by atomic mass is 10.1. The van der Waals surface area contributed by atoms with Gasteiger partial charge in [0.25, 0.3) is 0 Å². The van der Waals surface area contributed by atoms with E-state index in [1.54, 1.807) is 35.0 Å². The Morgan fingerprint density at radius 1 is 1.23 bits per heavy atom. The van der Waals surface area contributed by atoms with Crippen LogP contribution in [-0.4, -0.2) is 28.7 Å². The standard InChI is InChI=1S/C21H18Cl2N4O3/c1-11-19(12-3-5-13(22)6-4-12)26-27-17(10-18(28)25-20(11)27)21(29)24-16-9-14(30-2)7-8-15(16)23/h3-9,17H,10H2,1-2H3,(H,24,29)(H,25,28)/t17-/m1/s1. The first-order valence-electron chi connectivity index (χ1n) is 9.16. The molecule has 0 radical (unpaired) electrons. The minimum Gasteiger partial charge on any atom is -0.497 e. The van der Waals surface area contributed by atoms with Crippen LogP contribution in [0.4, 0.5) is 11.5 Å². The predicted molar refractivity (Wildman–Crippen MR) is 116 cm³/mol. The van der Waals surface area contributed by atoms with Crippen LogP contribution in [-0.2, 0) is 9.59 Å². The summed E-state index contributed by atoms with van der Waals surface area (Å²) in [6, 6.07) is 11.3. The first kappa shape index (κ1) is 20.3. The van der Waals surface area contributed by atoms with Gasteiger partial charge in [0.2, 0.25) is 11.8 Å². The number of carbonyl (C=O) groups is 2. The zero-order valence-corrected chi connectivity index (χ0v) is 17.7. The third-order valence-corrected chi connectivity index (χ3v) is 5.51. The second-order valence-corrected chi connectivity index (χ2v) is 7.72. The number of hydrogen-bond donors (Lipinski definition) is 2. The number of carbonyl (C=O) groups excluding carboxylic acids is 2. The Balaban J connectivity index is 1.69. The topological polar surface area (TPSA) is 85.2 Å².